The maximum absolute atomic E-state index is 4.47. The summed E-state index contributed by atoms with van der Waals surface area (Å²) in [5, 5.41) is 6.70. The Bertz CT molecular complexity index is 353. The molecule has 0 aliphatic heterocycles. The first-order valence-corrected chi connectivity index (χ1v) is 6.61. The molecule has 1 saturated carbocycles. The van der Waals surface area contributed by atoms with E-state index < -0.39 is 0 Å². The van der Waals surface area contributed by atoms with Crippen molar-refractivity contribution in [2.45, 2.75) is 45.6 Å². The Morgan fingerprint density at radius 1 is 1.41 bits per heavy atom. The highest BCUT2D eigenvalue weighted by molar-refractivity contribution is 5.40. The van der Waals surface area contributed by atoms with Crippen LogP contribution in [0.5, 0.6) is 0 Å². The number of hydrogen-bond donors (Lipinski definition) is 2. The van der Waals surface area contributed by atoms with E-state index in [0.29, 0.717) is 6.04 Å². The average molecular weight is 234 g/mol. The minimum atomic E-state index is 0.582. The number of nitrogens with one attached hydrogen (secondary N) is 2. The summed E-state index contributed by atoms with van der Waals surface area (Å²) in [4.78, 5) is 8.67. The highest BCUT2D eigenvalue weighted by atomic mass is 15.1. The van der Waals surface area contributed by atoms with Crippen molar-refractivity contribution < 1.29 is 0 Å². The van der Waals surface area contributed by atoms with Crippen LogP contribution in [0.25, 0.3) is 0 Å². The molecule has 0 radical (unpaired) electrons. The first kappa shape index (κ1) is 12.1. The van der Waals surface area contributed by atoms with Gasteiger partial charge in [0.05, 0.1) is 0 Å². The summed E-state index contributed by atoms with van der Waals surface area (Å²) in [7, 11) is 0. The highest BCUT2D eigenvalue weighted by Gasteiger charge is 2.21. The molecule has 17 heavy (non-hydrogen) atoms. The fourth-order valence-electron chi connectivity index (χ4n) is 2.31. The van der Waals surface area contributed by atoms with Crippen LogP contribution in [-0.4, -0.2) is 22.6 Å². The highest BCUT2D eigenvalue weighted by Crippen LogP contribution is 2.26. The second-order valence-electron chi connectivity index (χ2n) is 4.95. The van der Waals surface area contributed by atoms with Crippen LogP contribution in [0.2, 0.25) is 0 Å². The number of hydrogen-bond acceptors (Lipinski definition) is 4. The predicted molar refractivity (Wildman–Crippen MR) is 71.2 cm³/mol. The molecule has 2 unspecified atom stereocenters. The van der Waals surface area contributed by atoms with Gasteiger partial charge in [-0.1, -0.05) is 13.8 Å². The largest absolute Gasteiger partial charge is 0.367 e. The molecule has 0 bridgehead atoms. The van der Waals surface area contributed by atoms with E-state index in [2.05, 4.69) is 34.4 Å². The van der Waals surface area contributed by atoms with Gasteiger partial charge in [-0.05, 0) is 37.7 Å². The van der Waals surface area contributed by atoms with Crippen molar-refractivity contribution in [2.24, 2.45) is 5.92 Å². The quantitative estimate of drug-likeness (QED) is 0.822. The zero-order chi connectivity index (χ0) is 12.1. The van der Waals surface area contributed by atoms with Crippen LogP contribution in [0.3, 0.4) is 0 Å². The van der Waals surface area contributed by atoms with Gasteiger partial charge in [0.2, 0.25) is 5.95 Å². The molecule has 0 saturated heterocycles. The van der Waals surface area contributed by atoms with E-state index in [1.165, 1.54) is 19.3 Å². The number of rotatable bonds is 5. The fourth-order valence-corrected chi connectivity index (χ4v) is 2.31. The minimum absolute atomic E-state index is 0.582. The molecule has 1 fully saturated rings. The van der Waals surface area contributed by atoms with Crippen LogP contribution < -0.4 is 10.6 Å². The summed E-state index contributed by atoms with van der Waals surface area (Å²) in [6.45, 7) is 5.37. The summed E-state index contributed by atoms with van der Waals surface area (Å²) in [6, 6.07) is 2.53. The van der Waals surface area contributed by atoms with Gasteiger partial charge in [0, 0.05) is 18.8 Å². The standard InChI is InChI=1S/C13H22N4/c1-3-7-14-13-15-8-6-12(17-13)16-11-5-4-10(2)9-11/h6,8,10-11H,3-5,7,9H2,1-2H3,(H2,14,15,16,17). The molecule has 1 aromatic heterocycles. The van der Waals surface area contributed by atoms with Gasteiger partial charge in [0.1, 0.15) is 5.82 Å². The summed E-state index contributed by atoms with van der Waals surface area (Å²) < 4.78 is 0. The van der Waals surface area contributed by atoms with E-state index in [1.54, 1.807) is 0 Å². The minimum Gasteiger partial charge on any atom is -0.367 e. The van der Waals surface area contributed by atoms with Crippen molar-refractivity contribution in [3.05, 3.63) is 12.3 Å². The third-order valence-electron chi connectivity index (χ3n) is 3.24. The van der Waals surface area contributed by atoms with Crippen LogP contribution in [-0.2, 0) is 0 Å². The van der Waals surface area contributed by atoms with Gasteiger partial charge in [-0.2, -0.15) is 4.98 Å². The molecule has 4 heteroatoms. The van der Waals surface area contributed by atoms with E-state index >= 15 is 0 Å². The fraction of sp³-hybridized carbons (Fsp3) is 0.692. The van der Waals surface area contributed by atoms with Crippen LogP contribution in [0, 0.1) is 5.92 Å². The van der Waals surface area contributed by atoms with Gasteiger partial charge < -0.3 is 10.6 Å². The molecule has 0 aromatic carbocycles. The first-order chi connectivity index (χ1) is 8.28. The van der Waals surface area contributed by atoms with E-state index in [9.17, 15) is 0 Å². The lowest BCUT2D eigenvalue weighted by Gasteiger charge is -2.13. The molecule has 1 heterocycles. The van der Waals surface area contributed by atoms with Gasteiger partial charge in [-0.25, -0.2) is 4.98 Å². The zero-order valence-electron chi connectivity index (χ0n) is 10.7. The second-order valence-corrected chi connectivity index (χ2v) is 4.95. The summed E-state index contributed by atoms with van der Waals surface area (Å²) in [5.74, 6) is 2.51. The van der Waals surface area contributed by atoms with Crippen LogP contribution in [0.4, 0.5) is 11.8 Å². The van der Waals surface area contributed by atoms with Crippen LogP contribution in [0.15, 0.2) is 12.3 Å². The lowest BCUT2D eigenvalue weighted by molar-refractivity contribution is 0.602. The second kappa shape index (κ2) is 5.84. The van der Waals surface area contributed by atoms with Crippen molar-refractivity contribution in [2.75, 3.05) is 17.2 Å². The normalized spacial score (nSPS) is 23.6. The number of nitrogens with zero attached hydrogens (tertiary/aromatic N) is 2. The van der Waals surface area contributed by atoms with E-state index in [-0.39, 0.29) is 0 Å². The molecular weight excluding hydrogens is 212 g/mol. The van der Waals surface area contributed by atoms with Crippen molar-refractivity contribution in [3.63, 3.8) is 0 Å². The zero-order valence-corrected chi connectivity index (χ0v) is 10.7. The summed E-state index contributed by atoms with van der Waals surface area (Å²) in [6.07, 6.45) is 6.72. The topological polar surface area (TPSA) is 49.8 Å². The van der Waals surface area contributed by atoms with Crippen LogP contribution in [0.1, 0.15) is 39.5 Å². The van der Waals surface area contributed by atoms with E-state index in [0.717, 1.165) is 30.6 Å². The molecule has 0 spiro atoms. The Balaban J connectivity index is 1.91. The Labute approximate surface area is 103 Å². The SMILES string of the molecule is CCCNc1nccc(NC2CCC(C)C2)n1. The number of anilines is 2. The van der Waals surface area contributed by atoms with Gasteiger partial charge in [-0.15, -0.1) is 0 Å². The average Bonchev–Trinajstić information content (AvgIpc) is 2.73. The first-order valence-electron chi connectivity index (χ1n) is 6.61. The molecule has 4 nitrogen and oxygen atoms in total. The maximum Gasteiger partial charge on any atom is 0.224 e. The summed E-state index contributed by atoms with van der Waals surface area (Å²) in [5.41, 5.74) is 0. The van der Waals surface area contributed by atoms with Crippen LogP contribution >= 0.6 is 0 Å². The maximum atomic E-state index is 4.47. The smallest absolute Gasteiger partial charge is 0.224 e. The van der Waals surface area contributed by atoms with Gasteiger partial charge in [0.15, 0.2) is 0 Å². The molecular formula is C13H22N4. The number of aromatic nitrogens is 2. The molecule has 94 valence electrons. The molecule has 2 N–H and O–H groups in total. The van der Waals surface area contributed by atoms with E-state index in [1.807, 2.05) is 12.3 Å². The molecule has 1 aliphatic carbocycles. The molecule has 2 rings (SSSR count). The lowest BCUT2D eigenvalue weighted by Crippen LogP contribution is -2.17. The van der Waals surface area contributed by atoms with Gasteiger partial charge >= 0.3 is 0 Å². The van der Waals surface area contributed by atoms with Crippen molar-refractivity contribution in [1.82, 2.24) is 9.97 Å². The molecule has 1 aromatic rings. The molecule has 0 amide bonds. The monoisotopic (exact) mass is 234 g/mol. The summed E-state index contributed by atoms with van der Waals surface area (Å²) >= 11 is 0. The Morgan fingerprint density at radius 2 is 2.29 bits per heavy atom. The third kappa shape index (κ3) is 3.58. The Morgan fingerprint density at radius 3 is 3.00 bits per heavy atom. The van der Waals surface area contributed by atoms with Gasteiger partial charge in [-0.3, -0.25) is 0 Å². The Kier molecular flexibility index (Phi) is 4.18. The van der Waals surface area contributed by atoms with Crippen molar-refractivity contribution in [3.8, 4) is 0 Å². The van der Waals surface area contributed by atoms with Crippen molar-refractivity contribution >= 4 is 11.8 Å². The molecule has 1 aliphatic rings. The van der Waals surface area contributed by atoms with Gasteiger partial charge in [0.25, 0.3) is 0 Å². The van der Waals surface area contributed by atoms with E-state index in [4.69, 9.17) is 0 Å². The predicted octanol–water partition coefficient (Wildman–Crippen LogP) is 2.90. The Hall–Kier alpha value is -1.32. The third-order valence-corrected chi connectivity index (χ3v) is 3.24. The lowest BCUT2D eigenvalue weighted by atomic mass is 10.1. The molecule has 2 atom stereocenters. The van der Waals surface area contributed by atoms with Crippen molar-refractivity contribution in [1.29, 1.82) is 0 Å².